The van der Waals surface area contributed by atoms with E-state index in [4.69, 9.17) is 12.2 Å². The summed E-state index contributed by atoms with van der Waals surface area (Å²) in [7, 11) is 0. The van der Waals surface area contributed by atoms with Crippen molar-refractivity contribution in [3.8, 4) is 0 Å². The summed E-state index contributed by atoms with van der Waals surface area (Å²) in [4.78, 5) is 13.6. The molecule has 0 aliphatic carbocycles. The summed E-state index contributed by atoms with van der Waals surface area (Å²) in [5.74, 6) is 0.0504. The van der Waals surface area contributed by atoms with Gasteiger partial charge in [0.1, 0.15) is 0 Å². The van der Waals surface area contributed by atoms with Crippen LogP contribution in [0.5, 0.6) is 0 Å². The highest BCUT2D eigenvalue weighted by molar-refractivity contribution is 7.80. The fourth-order valence-corrected chi connectivity index (χ4v) is 3.27. The molecule has 0 saturated carbocycles. The summed E-state index contributed by atoms with van der Waals surface area (Å²) in [6, 6.07) is 16.1. The molecule has 1 heterocycles. The largest absolute Gasteiger partial charge is 0.332 e. The first-order valence-corrected chi connectivity index (χ1v) is 7.76. The number of nitrogens with zero attached hydrogens (tertiary/aromatic N) is 1. The van der Waals surface area contributed by atoms with Crippen molar-refractivity contribution in [1.29, 1.82) is 0 Å². The monoisotopic (exact) mass is 310 g/mol. The predicted molar refractivity (Wildman–Crippen MR) is 94.8 cm³/mol. The Morgan fingerprint density at radius 1 is 1.23 bits per heavy atom. The number of Topliss-reactive ketones (excluding diaryl/α,β-unsaturated/α-hetero) is 1. The maximum atomic E-state index is 11.5. The van der Waals surface area contributed by atoms with E-state index in [0.29, 0.717) is 16.7 Å². The normalized spacial score (nSPS) is 16.3. The van der Waals surface area contributed by atoms with Gasteiger partial charge in [0, 0.05) is 23.0 Å². The number of thiocarbonyl (C=S) groups is 1. The molecule has 0 aromatic heterocycles. The van der Waals surface area contributed by atoms with Crippen molar-refractivity contribution in [3.05, 3.63) is 59.7 Å². The highest BCUT2D eigenvalue weighted by Crippen LogP contribution is 2.32. The van der Waals surface area contributed by atoms with Crippen LogP contribution in [0, 0.1) is 0 Å². The Balaban J connectivity index is 1.83. The number of carbonyl (C=O) groups is 1. The Morgan fingerprint density at radius 2 is 2.00 bits per heavy atom. The molecule has 1 aliphatic rings. The van der Waals surface area contributed by atoms with Crippen LogP contribution in [0.3, 0.4) is 0 Å². The van der Waals surface area contributed by atoms with E-state index in [0.717, 1.165) is 17.8 Å². The molecule has 3 nitrogen and oxygen atoms in total. The number of hydrogen-bond acceptors (Lipinski definition) is 2. The first kappa shape index (κ1) is 14.7. The number of para-hydroxylation sites is 1. The van der Waals surface area contributed by atoms with Gasteiger partial charge in [-0.1, -0.05) is 30.3 Å². The maximum Gasteiger partial charge on any atom is 0.178 e. The van der Waals surface area contributed by atoms with Crippen LogP contribution in [-0.4, -0.2) is 16.9 Å². The topological polar surface area (TPSA) is 32.3 Å². The number of anilines is 2. The minimum Gasteiger partial charge on any atom is -0.332 e. The molecule has 2 aromatic carbocycles. The Morgan fingerprint density at radius 3 is 2.77 bits per heavy atom. The molecule has 0 amide bonds. The Hall–Kier alpha value is -2.20. The second-order valence-electron chi connectivity index (χ2n) is 5.62. The smallest absolute Gasteiger partial charge is 0.178 e. The third-order valence-corrected chi connectivity index (χ3v) is 4.25. The van der Waals surface area contributed by atoms with Gasteiger partial charge in [-0.3, -0.25) is 4.79 Å². The number of nitrogens with one attached hydrogen (secondary N) is 1. The third-order valence-electron chi connectivity index (χ3n) is 3.95. The van der Waals surface area contributed by atoms with E-state index in [2.05, 4.69) is 35.3 Å². The van der Waals surface area contributed by atoms with E-state index in [1.165, 1.54) is 5.56 Å². The molecule has 0 saturated heterocycles. The van der Waals surface area contributed by atoms with Gasteiger partial charge in [-0.25, -0.2) is 0 Å². The van der Waals surface area contributed by atoms with Gasteiger partial charge in [0.05, 0.1) is 0 Å². The second kappa shape index (κ2) is 5.89. The van der Waals surface area contributed by atoms with Crippen LogP contribution >= 0.6 is 12.2 Å². The first-order valence-electron chi connectivity index (χ1n) is 7.35. The lowest BCUT2D eigenvalue weighted by Crippen LogP contribution is -2.38. The number of benzene rings is 2. The summed E-state index contributed by atoms with van der Waals surface area (Å²) in [6.07, 6.45) is 0.992. The molecule has 112 valence electrons. The summed E-state index contributed by atoms with van der Waals surface area (Å²) < 4.78 is 0. The van der Waals surface area contributed by atoms with Gasteiger partial charge in [0.2, 0.25) is 0 Å². The van der Waals surface area contributed by atoms with Crippen LogP contribution in [0.4, 0.5) is 11.4 Å². The predicted octanol–water partition coefficient (Wildman–Crippen LogP) is 4.04. The maximum absolute atomic E-state index is 11.5. The van der Waals surface area contributed by atoms with Crippen LogP contribution in [0.25, 0.3) is 0 Å². The molecule has 22 heavy (non-hydrogen) atoms. The van der Waals surface area contributed by atoms with E-state index in [1.807, 2.05) is 30.3 Å². The Kier molecular flexibility index (Phi) is 3.94. The van der Waals surface area contributed by atoms with E-state index in [9.17, 15) is 4.79 Å². The van der Waals surface area contributed by atoms with Gasteiger partial charge < -0.3 is 10.2 Å². The molecule has 0 unspecified atom stereocenters. The molecular formula is C18H18N2OS. The summed E-state index contributed by atoms with van der Waals surface area (Å²) >= 11 is 5.59. The van der Waals surface area contributed by atoms with Crippen molar-refractivity contribution in [2.24, 2.45) is 0 Å². The van der Waals surface area contributed by atoms with E-state index in [-0.39, 0.29) is 5.78 Å². The number of rotatable bonds is 2. The summed E-state index contributed by atoms with van der Waals surface area (Å²) in [6.45, 7) is 3.73. The van der Waals surface area contributed by atoms with Crippen LogP contribution < -0.4 is 10.2 Å². The highest BCUT2D eigenvalue weighted by atomic mass is 32.1. The van der Waals surface area contributed by atoms with Crippen molar-refractivity contribution in [1.82, 2.24) is 0 Å². The summed E-state index contributed by atoms with van der Waals surface area (Å²) in [5.41, 5.74) is 4.00. The van der Waals surface area contributed by atoms with Gasteiger partial charge in [0.15, 0.2) is 10.9 Å². The Bertz CT molecular complexity index is 741. The van der Waals surface area contributed by atoms with E-state index < -0.39 is 0 Å². The van der Waals surface area contributed by atoms with Crippen molar-refractivity contribution in [3.63, 3.8) is 0 Å². The van der Waals surface area contributed by atoms with Gasteiger partial charge in [-0.05, 0) is 56.2 Å². The fraction of sp³-hybridized carbons (Fsp3) is 0.222. The molecule has 2 aromatic rings. The molecule has 4 heteroatoms. The van der Waals surface area contributed by atoms with Crippen LogP contribution in [0.2, 0.25) is 0 Å². The van der Waals surface area contributed by atoms with Crippen molar-refractivity contribution in [2.45, 2.75) is 26.3 Å². The highest BCUT2D eigenvalue weighted by Gasteiger charge is 2.28. The molecule has 0 spiro atoms. The number of carbonyl (C=O) groups excluding carboxylic acids is 1. The molecule has 1 N–H and O–H groups in total. The van der Waals surface area contributed by atoms with Gasteiger partial charge in [-0.2, -0.15) is 0 Å². The van der Waals surface area contributed by atoms with Crippen molar-refractivity contribution in [2.75, 3.05) is 10.2 Å². The Labute approximate surface area is 136 Å². The van der Waals surface area contributed by atoms with E-state index >= 15 is 0 Å². The quantitative estimate of drug-likeness (QED) is 0.670. The molecule has 0 bridgehead atoms. The first-order chi connectivity index (χ1) is 10.6. The molecule has 0 radical (unpaired) electrons. The molecular weight excluding hydrogens is 292 g/mol. The van der Waals surface area contributed by atoms with Crippen LogP contribution in [-0.2, 0) is 6.42 Å². The zero-order chi connectivity index (χ0) is 15.7. The molecule has 0 fully saturated rings. The minimum absolute atomic E-state index is 0.0504. The SMILES string of the molecule is CC(=O)c1cccc(NC(=S)N2c3ccccc3C[C@@H]2C)c1. The van der Waals surface area contributed by atoms with Gasteiger partial charge in [0.25, 0.3) is 0 Å². The van der Waals surface area contributed by atoms with E-state index in [1.54, 1.807) is 6.92 Å². The number of hydrogen-bond donors (Lipinski definition) is 1. The van der Waals surface area contributed by atoms with Gasteiger partial charge >= 0.3 is 0 Å². The molecule has 1 atom stereocenters. The average Bonchev–Trinajstić information content (AvgIpc) is 2.83. The van der Waals surface area contributed by atoms with Crippen molar-refractivity contribution >= 4 is 34.5 Å². The lowest BCUT2D eigenvalue weighted by atomic mass is 10.1. The summed E-state index contributed by atoms with van der Waals surface area (Å²) in [5, 5.41) is 3.92. The lowest BCUT2D eigenvalue weighted by molar-refractivity contribution is 0.101. The zero-order valence-corrected chi connectivity index (χ0v) is 13.5. The molecule has 1 aliphatic heterocycles. The third kappa shape index (κ3) is 2.74. The average molecular weight is 310 g/mol. The van der Waals surface area contributed by atoms with Crippen molar-refractivity contribution < 1.29 is 4.79 Å². The minimum atomic E-state index is 0.0504. The number of ketones is 1. The van der Waals surface area contributed by atoms with Crippen LogP contribution in [0.1, 0.15) is 29.8 Å². The van der Waals surface area contributed by atoms with Crippen LogP contribution in [0.15, 0.2) is 48.5 Å². The fourth-order valence-electron chi connectivity index (χ4n) is 2.87. The standard InChI is InChI=1S/C18H18N2OS/c1-12-10-15-6-3-4-9-17(15)20(12)18(22)19-16-8-5-7-14(11-16)13(2)21/h3-9,11-12H,10H2,1-2H3,(H,19,22)/t12-/m0/s1. The lowest BCUT2D eigenvalue weighted by Gasteiger charge is -2.26. The zero-order valence-electron chi connectivity index (χ0n) is 12.7. The van der Waals surface area contributed by atoms with Gasteiger partial charge in [-0.15, -0.1) is 0 Å². The number of fused-ring (bicyclic) bond motifs is 1. The second-order valence-corrected chi connectivity index (χ2v) is 6.01. The molecule has 3 rings (SSSR count).